The Labute approximate surface area is 176 Å². The van der Waals surface area contributed by atoms with Crippen LogP contribution in [-0.4, -0.2) is 17.6 Å². The van der Waals surface area contributed by atoms with Gasteiger partial charge >= 0.3 is 0 Å². The summed E-state index contributed by atoms with van der Waals surface area (Å²) in [6.45, 7) is 1.68. The molecule has 1 aliphatic rings. The minimum Gasteiger partial charge on any atom is -0.322 e. The van der Waals surface area contributed by atoms with Crippen molar-refractivity contribution in [3.63, 3.8) is 0 Å². The smallest absolute Gasteiger partial charge is 0.255 e. The van der Waals surface area contributed by atoms with E-state index in [1.165, 1.54) is 42.1 Å². The molecule has 2 amide bonds. The fourth-order valence-corrected chi connectivity index (χ4v) is 4.39. The molecule has 1 N–H and O–H groups in total. The van der Waals surface area contributed by atoms with E-state index in [-0.39, 0.29) is 23.0 Å². The average Bonchev–Trinajstić information content (AvgIpc) is 3.12. The van der Waals surface area contributed by atoms with Crippen LogP contribution in [0.2, 0.25) is 0 Å². The zero-order chi connectivity index (χ0) is 21.3. The Hall–Kier alpha value is -3.19. The SMILES string of the molecule is Cc1ccc(N2C(=O)CS[C@@H]2c2ccc(NC(=O)c3ccc(F)cc3)cc2)cc1F. The van der Waals surface area contributed by atoms with Gasteiger partial charge in [-0.2, -0.15) is 0 Å². The number of carbonyl (C=O) groups excluding carboxylic acids is 2. The predicted molar refractivity (Wildman–Crippen MR) is 115 cm³/mol. The number of thioether (sulfide) groups is 1. The third-order valence-electron chi connectivity index (χ3n) is 4.86. The molecule has 3 aromatic rings. The maximum absolute atomic E-state index is 14.0. The maximum Gasteiger partial charge on any atom is 0.255 e. The molecule has 1 heterocycles. The molecular weight excluding hydrogens is 406 g/mol. The van der Waals surface area contributed by atoms with Gasteiger partial charge in [-0.05, 0) is 66.6 Å². The molecule has 30 heavy (non-hydrogen) atoms. The fourth-order valence-electron chi connectivity index (χ4n) is 3.22. The first-order chi connectivity index (χ1) is 14.4. The monoisotopic (exact) mass is 424 g/mol. The molecule has 152 valence electrons. The van der Waals surface area contributed by atoms with Gasteiger partial charge in [0.05, 0.1) is 5.75 Å². The number of halogens is 2. The summed E-state index contributed by atoms with van der Waals surface area (Å²) in [5, 5.41) is 2.49. The van der Waals surface area contributed by atoms with E-state index in [1.54, 1.807) is 36.1 Å². The van der Waals surface area contributed by atoms with Gasteiger partial charge in [0.15, 0.2) is 0 Å². The molecule has 4 rings (SSSR count). The maximum atomic E-state index is 14.0. The summed E-state index contributed by atoms with van der Waals surface area (Å²) < 4.78 is 27.0. The fraction of sp³-hybridized carbons (Fsp3) is 0.130. The summed E-state index contributed by atoms with van der Waals surface area (Å²) >= 11 is 1.47. The second-order valence-corrected chi connectivity index (χ2v) is 8.01. The van der Waals surface area contributed by atoms with Crippen LogP contribution < -0.4 is 10.2 Å². The van der Waals surface area contributed by atoms with Crippen LogP contribution in [0.25, 0.3) is 0 Å². The Morgan fingerprint density at radius 3 is 2.40 bits per heavy atom. The lowest BCUT2D eigenvalue weighted by Crippen LogP contribution is -2.28. The van der Waals surface area contributed by atoms with Crippen molar-refractivity contribution in [1.82, 2.24) is 0 Å². The van der Waals surface area contributed by atoms with Gasteiger partial charge in [0.2, 0.25) is 5.91 Å². The largest absolute Gasteiger partial charge is 0.322 e. The number of amides is 2. The van der Waals surface area contributed by atoms with Crippen molar-refractivity contribution >= 4 is 35.0 Å². The lowest BCUT2D eigenvalue weighted by molar-refractivity contribution is -0.115. The van der Waals surface area contributed by atoms with Crippen LogP contribution in [-0.2, 0) is 4.79 Å². The molecule has 0 bridgehead atoms. The number of carbonyl (C=O) groups is 2. The van der Waals surface area contributed by atoms with Gasteiger partial charge in [-0.25, -0.2) is 8.78 Å². The highest BCUT2D eigenvalue weighted by Gasteiger charge is 2.34. The van der Waals surface area contributed by atoms with E-state index >= 15 is 0 Å². The van der Waals surface area contributed by atoms with Crippen LogP contribution in [0.5, 0.6) is 0 Å². The lowest BCUT2D eigenvalue weighted by atomic mass is 10.1. The van der Waals surface area contributed by atoms with Gasteiger partial charge < -0.3 is 5.32 Å². The van der Waals surface area contributed by atoms with Crippen LogP contribution in [0, 0.1) is 18.6 Å². The van der Waals surface area contributed by atoms with E-state index < -0.39 is 5.82 Å². The van der Waals surface area contributed by atoms with Gasteiger partial charge in [0, 0.05) is 16.9 Å². The first-order valence-electron chi connectivity index (χ1n) is 9.29. The van der Waals surface area contributed by atoms with Gasteiger partial charge in [-0.3, -0.25) is 14.5 Å². The first-order valence-corrected chi connectivity index (χ1v) is 10.3. The van der Waals surface area contributed by atoms with Gasteiger partial charge in [0.1, 0.15) is 17.0 Å². The Kier molecular flexibility index (Phi) is 5.55. The number of nitrogens with zero attached hydrogens (tertiary/aromatic N) is 1. The number of hydrogen-bond donors (Lipinski definition) is 1. The number of nitrogens with one attached hydrogen (secondary N) is 1. The summed E-state index contributed by atoms with van der Waals surface area (Å²) in [4.78, 5) is 26.3. The van der Waals surface area contributed by atoms with E-state index in [1.807, 2.05) is 12.1 Å². The van der Waals surface area contributed by atoms with Crippen molar-refractivity contribution in [2.24, 2.45) is 0 Å². The third-order valence-corrected chi connectivity index (χ3v) is 6.07. The van der Waals surface area contributed by atoms with Crippen molar-refractivity contribution in [2.45, 2.75) is 12.3 Å². The standard InChI is InChI=1S/C23H18F2N2O2S/c1-14-2-11-19(12-20(14)25)27-21(28)13-30-23(27)16-5-9-18(10-6-16)26-22(29)15-3-7-17(24)8-4-15/h2-12,23H,13H2,1H3,(H,26,29)/t23-/m1/s1. The van der Waals surface area contributed by atoms with Crippen LogP contribution in [0.15, 0.2) is 66.7 Å². The molecule has 0 aromatic heterocycles. The van der Waals surface area contributed by atoms with Crippen molar-refractivity contribution in [3.05, 3.63) is 95.1 Å². The molecule has 4 nitrogen and oxygen atoms in total. The molecule has 0 radical (unpaired) electrons. The molecule has 1 fully saturated rings. The van der Waals surface area contributed by atoms with E-state index in [9.17, 15) is 18.4 Å². The number of hydrogen-bond acceptors (Lipinski definition) is 3. The quantitative estimate of drug-likeness (QED) is 0.618. The van der Waals surface area contributed by atoms with Gasteiger partial charge in [-0.1, -0.05) is 18.2 Å². The third kappa shape index (κ3) is 4.07. The molecule has 0 saturated carbocycles. The molecular formula is C23H18F2N2O2S. The minimum atomic E-state index is -0.405. The predicted octanol–water partition coefficient (Wildman–Crippen LogP) is 5.30. The van der Waals surface area contributed by atoms with E-state index in [4.69, 9.17) is 0 Å². The van der Waals surface area contributed by atoms with Crippen LogP contribution in [0.1, 0.15) is 26.9 Å². The van der Waals surface area contributed by atoms with E-state index in [2.05, 4.69) is 5.32 Å². The van der Waals surface area contributed by atoms with Gasteiger partial charge in [-0.15, -0.1) is 11.8 Å². The summed E-state index contributed by atoms with van der Waals surface area (Å²) in [5.74, 6) is -0.873. The van der Waals surface area contributed by atoms with Crippen molar-refractivity contribution < 1.29 is 18.4 Å². The van der Waals surface area contributed by atoms with Crippen LogP contribution in [0.3, 0.4) is 0 Å². The molecule has 0 spiro atoms. The summed E-state index contributed by atoms with van der Waals surface area (Å²) in [6.07, 6.45) is 0. The molecule has 3 aromatic carbocycles. The number of benzene rings is 3. The van der Waals surface area contributed by atoms with Crippen molar-refractivity contribution in [1.29, 1.82) is 0 Å². The van der Waals surface area contributed by atoms with Gasteiger partial charge in [0.25, 0.3) is 5.91 Å². The molecule has 1 saturated heterocycles. The molecule has 0 aliphatic carbocycles. The van der Waals surface area contributed by atoms with E-state index in [0.29, 0.717) is 28.3 Å². The second-order valence-electron chi connectivity index (χ2n) is 6.94. The summed E-state index contributed by atoms with van der Waals surface area (Å²) in [5.41, 5.74) is 2.84. The Morgan fingerprint density at radius 1 is 1.03 bits per heavy atom. The zero-order valence-electron chi connectivity index (χ0n) is 16.1. The Morgan fingerprint density at radius 2 is 1.73 bits per heavy atom. The lowest BCUT2D eigenvalue weighted by Gasteiger charge is -2.25. The van der Waals surface area contributed by atoms with Crippen molar-refractivity contribution in [2.75, 3.05) is 16.0 Å². The highest BCUT2D eigenvalue weighted by molar-refractivity contribution is 8.00. The number of rotatable bonds is 4. The zero-order valence-corrected chi connectivity index (χ0v) is 16.9. The molecule has 0 unspecified atom stereocenters. The highest BCUT2D eigenvalue weighted by atomic mass is 32.2. The minimum absolute atomic E-state index is 0.0815. The van der Waals surface area contributed by atoms with Crippen LogP contribution in [0.4, 0.5) is 20.2 Å². The number of aryl methyl sites for hydroxylation is 1. The first kappa shape index (κ1) is 20.1. The molecule has 1 aliphatic heterocycles. The Bertz CT molecular complexity index is 1100. The van der Waals surface area contributed by atoms with Crippen molar-refractivity contribution in [3.8, 4) is 0 Å². The second kappa shape index (κ2) is 8.28. The topological polar surface area (TPSA) is 49.4 Å². The summed E-state index contributed by atoms with van der Waals surface area (Å²) in [6, 6.07) is 17.2. The summed E-state index contributed by atoms with van der Waals surface area (Å²) in [7, 11) is 0. The average molecular weight is 424 g/mol. The van der Waals surface area contributed by atoms with Crippen LogP contribution >= 0.6 is 11.8 Å². The highest BCUT2D eigenvalue weighted by Crippen LogP contribution is 2.42. The Balaban J connectivity index is 1.52. The molecule has 7 heteroatoms. The molecule has 1 atom stereocenters. The van der Waals surface area contributed by atoms with E-state index in [0.717, 1.165) is 5.56 Å². The normalized spacial score (nSPS) is 16.0. The number of anilines is 2.